The lowest BCUT2D eigenvalue weighted by molar-refractivity contribution is -0.251. The van der Waals surface area contributed by atoms with Crippen molar-refractivity contribution in [1.82, 2.24) is 51.5 Å². The minimum Gasteiger partial charge on any atom is -0.370 e. The molecule has 5 rings (SSSR count). The normalized spacial score (nSPS) is 17.5. The molecule has 7 N–H and O–H groups in total. The summed E-state index contributed by atoms with van der Waals surface area (Å²) in [5, 5.41) is 27.0. The molecule has 0 saturated carbocycles. The largest absolute Gasteiger partial charge is 0.471 e. The smallest absolute Gasteiger partial charge is 0.370 e. The monoisotopic (exact) mass is 1130 g/mol. The number of halogens is 6. The predicted molar refractivity (Wildman–Crippen MR) is 287 cm³/mol. The van der Waals surface area contributed by atoms with E-state index in [9.17, 15) is 65.0 Å². The highest BCUT2D eigenvalue weighted by Crippen LogP contribution is 2.28. The maximum Gasteiger partial charge on any atom is 0.471 e. The number of nitrogens with one attached hydrogen (secondary N) is 6. The molecule has 0 bridgehead atoms. The minimum absolute atomic E-state index is 0.0582. The van der Waals surface area contributed by atoms with Crippen LogP contribution >= 0.6 is 0 Å². The van der Waals surface area contributed by atoms with E-state index in [0.29, 0.717) is 25.7 Å². The van der Waals surface area contributed by atoms with E-state index in [1.807, 2.05) is 0 Å². The Hall–Kier alpha value is -6.63. The second-order valence-electron chi connectivity index (χ2n) is 20.3. The van der Waals surface area contributed by atoms with E-state index in [0.717, 1.165) is 20.9 Å². The fourth-order valence-corrected chi connectivity index (χ4v) is 9.72. The van der Waals surface area contributed by atoms with Crippen molar-refractivity contribution in [3.8, 4) is 0 Å². The number of likely N-dealkylation sites (tertiary alicyclic amines) is 2. The Kier molecular flexibility index (Phi) is 24.7. The number of carbonyl (C=O) groups is 7. The Labute approximate surface area is 463 Å². The number of hydrogen-bond donors (Lipinski definition) is 7. The zero-order valence-corrected chi connectivity index (χ0v) is 45.7. The van der Waals surface area contributed by atoms with Crippen molar-refractivity contribution < 1.29 is 65.0 Å². The summed E-state index contributed by atoms with van der Waals surface area (Å²) in [4.78, 5) is 98.0. The third-order valence-electron chi connectivity index (χ3n) is 14.6. The zero-order valence-electron chi connectivity index (χ0n) is 45.7. The maximum atomic E-state index is 14.2. The molecule has 24 heteroatoms. The summed E-state index contributed by atoms with van der Waals surface area (Å²) in [6, 6.07) is 18.4. The summed E-state index contributed by atoms with van der Waals surface area (Å²) >= 11 is 0. The van der Waals surface area contributed by atoms with Crippen LogP contribution in [-0.4, -0.2) is 187 Å². The van der Waals surface area contributed by atoms with Gasteiger partial charge in [0.25, 0.3) is 11.8 Å². The fraction of sp³-hybridized carbons (Fsp3) is 0.554. The van der Waals surface area contributed by atoms with Crippen molar-refractivity contribution >= 4 is 41.4 Å². The number of carbonyl (C=O) groups excluding carboxylic acids is 7. The van der Waals surface area contributed by atoms with Crippen molar-refractivity contribution in [2.75, 3.05) is 66.5 Å². The molecule has 440 valence electrons. The van der Waals surface area contributed by atoms with E-state index in [4.69, 9.17) is 0 Å². The van der Waals surface area contributed by atoms with Crippen LogP contribution in [0.3, 0.4) is 0 Å². The summed E-state index contributed by atoms with van der Waals surface area (Å²) in [5.74, 6) is -4.99. The van der Waals surface area contributed by atoms with Crippen LogP contribution < -0.4 is 31.9 Å². The lowest BCUT2D eigenvalue weighted by Gasteiger charge is -2.35. The van der Waals surface area contributed by atoms with Gasteiger partial charge >= 0.3 is 18.3 Å². The molecule has 7 amide bonds. The Morgan fingerprint density at radius 3 is 1.43 bits per heavy atom. The van der Waals surface area contributed by atoms with Crippen molar-refractivity contribution in [2.24, 2.45) is 0 Å². The molecule has 18 nitrogen and oxygen atoms in total. The van der Waals surface area contributed by atoms with Gasteiger partial charge in [-0.2, -0.15) is 26.3 Å². The average molecular weight is 1130 g/mol. The van der Waals surface area contributed by atoms with Crippen LogP contribution in [0.4, 0.5) is 26.3 Å². The number of aliphatic hydroxyl groups excluding tert-OH is 1. The lowest BCUT2D eigenvalue weighted by atomic mass is 10.1. The van der Waals surface area contributed by atoms with Gasteiger partial charge in [-0.15, -0.1) is 0 Å². The molecular formula is C56H76F6N10O8. The summed E-state index contributed by atoms with van der Waals surface area (Å²) in [7, 11) is 3.13. The summed E-state index contributed by atoms with van der Waals surface area (Å²) in [6.45, 7) is 2.80. The highest BCUT2D eigenvalue weighted by molar-refractivity contribution is 5.98. The number of hydrogen-bond acceptors (Lipinski definition) is 11. The fourth-order valence-electron chi connectivity index (χ4n) is 9.72. The highest BCUT2D eigenvalue weighted by Gasteiger charge is 2.46. The van der Waals surface area contributed by atoms with E-state index in [-0.39, 0.29) is 102 Å². The Morgan fingerprint density at radius 2 is 1.02 bits per heavy atom. The number of likely N-dealkylation sites (N-methyl/N-ethyl adjacent to an activating group) is 2. The van der Waals surface area contributed by atoms with Gasteiger partial charge in [-0.1, -0.05) is 60.7 Å². The standard InChI is InChI=1S/C56H76F6N10O8/c1-37(63-3)47(73)67-45(51(77)71-31-13-19-43(71)35-69(53(79)55(57,58)59)33-27-39-15-7-5-8-16-39)21-11-29-65-49(75)41-23-25-42(26-24-41)50(76)66-30-12-22-46(68-48(74)38(2)64-4)52(78)72-32-14-20-44(72)36-70(54(80)56(60,61)62)34-28-40-17-9-6-10-18-40/h5-10,15-18,23-26,37-38,43-46,53,63-64,79H,11-14,19-22,27-36H2,1-4H3,(H,65,75)(H,66,76)(H,67,73)(H,68,74)/t37-,38-,43-,44-,45-,46-,53?/m0/s1. The summed E-state index contributed by atoms with van der Waals surface area (Å²) in [5.41, 5.74) is 1.93. The van der Waals surface area contributed by atoms with Crippen LogP contribution in [0, 0.1) is 0 Å². The van der Waals surface area contributed by atoms with E-state index < -0.39 is 96.2 Å². The quantitative estimate of drug-likeness (QED) is 0.0300. The van der Waals surface area contributed by atoms with Crippen LogP contribution in [0.15, 0.2) is 84.9 Å². The molecule has 1 unspecified atom stereocenters. The molecule has 3 aromatic carbocycles. The minimum atomic E-state index is -5.13. The Balaban J connectivity index is 1.14. The maximum absolute atomic E-state index is 14.2. The molecule has 0 spiro atoms. The first-order valence-electron chi connectivity index (χ1n) is 27.2. The van der Waals surface area contributed by atoms with Gasteiger partial charge in [0, 0.05) is 75.6 Å². The van der Waals surface area contributed by atoms with Crippen molar-refractivity contribution in [3.05, 3.63) is 107 Å². The number of nitrogens with zero attached hydrogens (tertiary/aromatic N) is 4. The van der Waals surface area contributed by atoms with Crippen LogP contribution in [-0.2, 0) is 36.8 Å². The van der Waals surface area contributed by atoms with Crippen molar-refractivity contribution in [2.45, 2.75) is 133 Å². The van der Waals surface area contributed by atoms with Crippen molar-refractivity contribution in [3.63, 3.8) is 0 Å². The van der Waals surface area contributed by atoms with E-state index in [1.165, 1.54) is 34.1 Å². The van der Waals surface area contributed by atoms with Gasteiger partial charge in [-0.3, -0.25) is 38.5 Å². The molecule has 7 atom stereocenters. The average Bonchev–Trinajstić information content (AvgIpc) is 4.13. The SMILES string of the molecule is CN[C@@H](C)C(=O)N[C@@H](CCCNC(=O)c1ccc(C(=O)NCCC[C@H](NC(=O)[C@H](C)NC)C(=O)N2CCC[C@H]2CN(CCc2ccccc2)C(O)C(F)(F)F)cc1)C(=O)N1CCC[C@H]1CN(CCc1ccccc1)C(=O)C(F)(F)F. The number of aliphatic hydroxyl groups is 1. The first-order valence-corrected chi connectivity index (χ1v) is 27.2. The van der Waals surface area contributed by atoms with Crippen LogP contribution in [0.25, 0.3) is 0 Å². The van der Waals surface area contributed by atoms with E-state index in [2.05, 4.69) is 31.9 Å². The first-order chi connectivity index (χ1) is 38.0. The summed E-state index contributed by atoms with van der Waals surface area (Å²) in [6.07, 6.45) is -10.2. The predicted octanol–water partition coefficient (Wildman–Crippen LogP) is 3.93. The molecule has 0 aromatic heterocycles. The third kappa shape index (κ3) is 19.3. The van der Waals surface area contributed by atoms with Crippen molar-refractivity contribution in [1.29, 1.82) is 0 Å². The lowest BCUT2D eigenvalue weighted by Crippen LogP contribution is -2.56. The van der Waals surface area contributed by atoms with Crippen LogP contribution in [0.5, 0.6) is 0 Å². The second-order valence-corrected chi connectivity index (χ2v) is 20.3. The van der Waals surface area contributed by atoms with Gasteiger partial charge < -0.3 is 51.7 Å². The van der Waals surface area contributed by atoms with E-state index in [1.54, 1.807) is 88.6 Å². The molecule has 0 radical (unpaired) electrons. The van der Waals surface area contributed by atoms with Gasteiger partial charge in [-0.25, -0.2) is 0 Å². The number of benzene rings is 3. The third-order valence-corrected chi connectivity index (χ3v) is 14.6. The van der Waals surface area contributed by atoms with E-state index >= 15 is 0 Å². The number of rotatable bonds is 29. The first kappa shape index (κ1) is 64.2. The van der Waals surface area contributed by atoms with Gasteiger partial charge in [0.15, 0.2) is 0 Å². The van der Waals surface area contributed by atoms with Crippen LogP contribution in [0.2, 0.25) is 0 Å². The highest BCUT2D eigenvalue weighted by atomic mass is 19.4. The molecule has 3 aromatic rings. The molecule has 2 fully saturated rings. The van der Waals surface area contributed by atoms with Crippen LogP contribution in [0.1, 0.15) is 97.1 Å². The second kappa shape index (κ2) is 30.8. The zero-order chi connectivity index (χ0) is 58.6. The molecule has 2 heterocycles. The summed E-state index contributed by atoms with van der Waals surface area (Å²) < 4.78 is 83.0. The molecule has 2 saturated heterocycles. The van der Waals surface area contributed by atoms with Gasteiger partial charge in [-0.05, 0) is 128 Å². The molecule has 2 aliphatic rings. The Bertz CT molecular complexity index is 2490. The number of alkyl halides is 6. The molecule has 0 aliphatic carbocycles. The molecule has 80 heavy (non-hydrogen) atoms. The molecular weight excluding hydrogens is 1050 g/mol. The van der Waals surface area contributed by atoms with Gasteiger partial charge in [0.2, 0.25) is 29.9 Å². The number of amides is 7. The molecule has 2 aliphatic heterocycles. The van der Waals surface area contributed by atoms with Gasteiger partial charge in [0.05, 0.1) is 12.1 Å². The Morgan fingerprint density at radius 1 is 0.613 bits per heavy atom. The van der Waals surface area contributed by atoms with Gasteiger partial charge in [0.1, 0.15) is 12.1 Å². The topological polar surface area (TPSA) is 225 Å².